The maximum absolute atomic E-state index is 14.2. The summed E-state index contributed by atoms with van der Waals surface area (Å²) in [5, 5.41) is 0.884. The van der Waals surface area contributed by atoms with Gasteiger partial charge in [-0.1, -0.05) is 25.1 Å². The molecule has 3 aromatic rings. The number of ether oxygens (including phenoxy) is 1. The van der Waals surface area contributed by atoms with E-state index in [-0.39, 0.29) is 30.1 Å². The van der Waals surface area contributed by atoms with Crippen LogP contribution in [0.25, 0.3) is 10.9 Å². The van der Waals surface area contributed by atoms with Gasteiger partial charge in [-0.25, -0.2) is 18.7 Å². The van der Waals surface area contributed by atoms with E-state index in [4.69, 9.17) is 4.74 Å². The van der Waals surface area contributed by atoms with Crippen molar-refractivity contribution in [3.05, 3.63) is 77.8 Å². The summed E-state index contributed by atoms with van der Waals surface area (Å²) in [5.74, 6) is -0.621. The van der Waals surface area contributed by atoms with Crippen molar-refractivity contribution in [1.29, 1.82) is 0 Å². The molecule has 0 atom stereocenters. The van der Waals surface area contributed by atoms with Crippen LogP contribution in [0.4, 0.5) is 8.78 Å². The summed E-state index contributed by atoms with van der Waals surface area (Å²) in [7, 11) is 0. The van der Waals surface area contributed by atoms with Crippen LogP contribution in [0.15, 0.2) is 60.6 Å². The van der Waals surface area contributed by atoms with E-state index in [1.165, 1.54) is 12.1 Å². The molecule has 0 radical (unpaired) electrons. The van der Waals surface area contributed by atoms with Crippen LogP contribution in [0, 0.1) is 5.82 Å². The van der Waals surface area contributed by atoms with Gasteiger partial charge in [0.05, 0.1) is 18.3 Å². The summed E-state index contributed by atoms with van der Waals surface area (Å²) < 4.78 is 32.0. The minimum absolute atomic E-state index is 0.0266. The average molecular weight is 368 g/mol. The number of rotatable bonds is 7. The quantitative estimate of drug-likeness (QED) is 0.560. The summed E-state index contributed by atoms with van der Waals surface area (Å²) in [6.07, 6.45) is 2.56. The molecule has 0 aliphatic carbocycles. The molecule has 0 aliphatic heterocycles. The molecule has 27 heavy (non-hydrogen) atoms. The summed E-state index contributed by atoms with van der Waals surface area (Å²) in [5.41, 5.74) is 1.37. The number of benzene rings is 2. The zero-order chi connectivity index (χ0) is 19.2. The Balaban J connectivity index is 1.71. The van der Waals surface area contributed by atoms with Gasteiger partial charge in [-0.2, -0.15) is 0 Å². The molecule has 0 unspecified atom stereocenters. The highest BCUT2D eigenvalue weighted by atomic mass is 19.1. The summed E-state index contributed by atoms with van der Waals surface area (Å²) in [6.45, 7) is 1.74. The van der Waals surface area contributed by atoms with Crippen LogP contribution < -0.4 is 4.74 Å². The molecule has 0 fully saturated rings. The van der Waals surface area contributed by atoms with Crippen LogP contribution in [0.2, 0.25) is 0 Å². The fraction of sp³-hybridized carbons (Fsp3) is 0.190. The molecule has 0 saturated carbocycles. The average Bonchev–Trinajstić information content (AvgIpc) is 2.69. The third-order valence-electron chi connectivity index (χ3n) is 4.13. The van der Waals surface area contributed by atoms with Crippen molar-refractivity contribution in [2.24, 2.45) is 0 Å². The number of ketones is 1. The van der Waals surface area contributed by atoms with E-state index < -0.39 is 5.82 Å². The van der Waals surface area contributed by atoms with E-state index in [1.807, 2.05) is 24.3 Å². The molecule has 0 spiro atoms. The molecule has 0 saturated heterocycles. The first-order valence-corrected chi connectivity index (χ1v) is 8.55. The molecule has 2 aromatic carbocycles. The van der Waals surface area contributed by atoms with E-state index in [9.17, 15) is 13.6 Å². The predicted molar refractivity (Wildman–Crippen MR) is 98.9 cm³/mol. The lowest BCUT2D eigenvalue weighted by molar-refractivity contribution is 0.0990. The lowest BCUT2D eigenvalue weighted by Gasteiger charge is -2.09. The Labute approximate surface area is 155 Å². The van der Waals surface area contributed by atoms with Crippen molar-refractivity contribution >= 4 is 16.7 Å². The van der Waals surface area contributed by atoms with E-state index in [0.29, 0.717) is 24.1 Å². The first-order chi connectivity index (χ1) is 13.1. The molecule has 0 aliphatic rings. The highest BCUT2D eigenvalue weighted by Crippen LogP contribution is 2.20. The Morgan fingerprint density at radius 1 is 1.22 bits per heavy atom. The monoisotopic (exact) mass is 368 g/mol. The summed E-state index contributed by atoms with van der Waals surface area (Å²) in [6, 6.07) is 11.4. The van der Waals surface area contributed by atoms with E-state index in [2.05, 4.69) is 9.97 Å². The molecule has 0 amide bonds. The first-order valence-electron chi connectivity index (χ1n) is 8.55. The van der Waals surface area contributed by atoms with E-state index in [1.54, 1.807) is 13.1 Å². The SMILES string of the molecule is CCC(=CF)COc1ccc(C(=O)Cc2ncc3ccccc3n2)cc1F. The van der Waals surface area contributed by atoms with Crippen molar-refractivity contribution in [3.63, 3.8) is 0 Å². The van der Waals surface area contributed by atoms with Crippen LogP contribution >= 0.6 is 0 Å². The smallest absolute Gasteiger partial charge is 0.170 e. The zero-order valence-corrected chi connectivity index (χ0v) is 14.8. The van der Waals surface area contributed by atoms with E-state index in [0.717, 1.165) is 17.0 Å². The van der Waals surface area contributed by atoms with Gasteiger partial charge in [0.2, 0.25) is 0 Å². The van der Waals surface area contributed by atoms with Crippen molar-refractivity contribution in [2.45, 2.75) is 19.8 Å². The van der Waals surface area contributed by atoms with Crippen LogP contribution in [-0.4, -0.2) is 22.4 Å². The van der Waals surface area contributed by atoms with Crippen LogP contribution in [0.3, 0.4) is 0 Å². The molecular formula is C21H18F2N2O2. The maximum Gasteiger partial charge on any atom is 0.170 e. The van der Waals surface area contributed by atoms with Gasteiger partial charge in [0.25, 0.3) is 0 Å². The van der Waals surface area contributed by atoms with Crippen molar-refractivity contribution in [1.82, 2.24) is 9.97 Å². The number of nitrogens with zero attached hydrogens (tertiary/aromatic N) is 2. The topological polar surface area (TPSA) is 52.1 Å². The lowest BCUT2D eigenvalue weighted by atomic mass is 10.1. The van der Waals surface area contributed by atoms with Gasteiger partial charge >= 0.3 is 0 Å². The Kier molecular flexibility index (Phi) is 5.86. The highest BCUT2D eigenvalue weighted by Gasteiger charge is 2.13. The number of fused-ring (bicyclic) bond motifs is 1. The Bertz CT molecular complexity index is 1000. The summed E-state index contributed by atoms with van der Waals surface area (Å²) >= 11 is 0. The van der Waals surface area contributed by atoms with Gasteiger partial charge in [-0.15, -0.1) is 0 Å². The highest BCUT2D eigenvalue weighted by molar-refractivity contribution is 5.97. The van der Waals surface area contributed by atoms with Crippen LogP contribution in [-0.2, 0) is 6.42 Å². The third kappa shape index (κ3) is 4.53. The normalized spacial score (nSPS) is 11.6. The van der Waals surface area contributed by atoms with Crippen molar-refractivity contribution < 1.29 is 18.3 Å². The number of hydrogen-bond donors (Lipinski definition) is 0. The van der Waals surface area contributed by atoms with Gasteiger partial charge < -0.3 is 4.74 Å². The maximum atomic E-state index is 14.2. The van der Waals surface area contributed by atoms with Gasteiger partial charge in [-0.05, 0) is 36.3 Å². The molecule has 4 nitrogen and oxygen atoms in total. The molecule has 138 valence electrons. The number of aromatic nitrogens is 2. The number of Topliss-reactive ketones (excluding diaryl/α,β-unsaturated/α-hetero) is 1. The Hall–Kier alpha value is -3.15. The lowest BCUT2D eigenvalue weighted by Crippen LogP contribution is -2.08. The van der Waals surface area contributed by atoms with Gasteiger partial charge in [0.1, 0.15) is 12.4 Å². The van der Waals surface area contributed by atoms with Crippen molar-refractivity contribution in [2.75, 3.05) is 6.61 Å². The fourth-order valence-electron chi connectivity index (χ4n) is 2.51. The molecular weight excluding hydrogens is 350 g/mol. The van der Waals surface area contributed by atoms with Crippen LogP contribution in [0.1, 0.15) is 29.5 Å². The third-order valence-corrected chi connectivity index (χ3v) is 4.13. The minimum atomic E-state index is -0.672. The summed E-state index contributed by atoms with van der Waals surface area (Å²) in [4.78, 5) is 21.0. The number of halogens is 2. The molecule has 0 N–H and O–H groups in total. The number of carbonyl (C=O) groups excluding carboxylic acids is 1. The Morgan fingerprint density at radius 3 is 2.78 bits per heavy atom. The molecule has 3 rings (SSSR count). The predicted octanol–water partition coefficient (Wildman–Crippen LogP) is 4.84. The first kappa shape index (κ1) is 18.6. The standard InChI is InChI=1S/C21H18F2N2O2/c1-2-14(11-22)13-27-20-8-7-15(9-17(20)23)19(26)10-21-24-12-16-5-3-4-6-18(16)25-21/h3-9,11-12H,2,10,13H2,1H3. The molecule has 0 bridgehead atoms. The second-order valence-electron chi connectivity index (χ2n) is 6.00. The second kappa shape index (κ2) is 8.49. The zero-order valence-electron chi connectivity index (χ0n) is 14.8. The number of carbonyl (C=O) groups is 1. The van der Waals surface area contributed by atoms with Gasteiger partial charge in [0, 0.05) is 17.1 Å². The second-order valence-corrected chi connectivity index (χ2v) is 6.00. The number of hydrogen-bond acceptors (Lipinski definition) is 4. The van der Waals surface area contributed by atoms with Crippen LogP contribution in [0.5, 0.6) is 5.75 Å². The number of para-hydroxylation sites is 1. The molecule has 6 heteroatoms. The minimum Gasteiger partial charge on any atom is -0.486 e. The Morgan fingerprint density at radius 2 is 2.04 bits per heavy atom. The van der Waals surface area contributed by atoms with Crippen molar-refractivity contribution in [3.8, 4) is 5.75 Å². The van der Waals surface area contributed by atoms with Gasteiger partial charge in [-0.3, -0.25) is 4.79 Å². The largest absolute Gasteiger partial charge is 0.486 e. The molecule has 1 heterocycles. The molecule has 1 aromatic heterocycles. The fourth-order valence-corrected chi connectivity index (χ4v) is 2.51. The van der Waals surface area contributed by atoms with E-state index >= 15 is 0 Å². The van der Waals surface area contributed by atoms with Gasteiger partial charge in [0.15, 0.2) is 17.3 Å².